The lowest BCUT2D eigenvalue weighted by atomic mass is 9.90. The molecule has 4 heteroatoms. The van der Waals surface area contributed by atoms with E-state index in [1.165, 1.54) is 47.1 Å². The minimum absolute atomic E-state index is 0.999. The normalized spacial score (nSPS) is 14.7. The van der Waals surface area contributed by atoms with Gasteiger partial charge >= 0.3 is 0 Å². The molecule has 4 nitrogen and oxygen atoms in total. The average Bonchev–Trinajstić information content (AvgIpc) is 2.70. The highest BCUT2D eigenvalue weighted by Gasteiger charge is 2.14. The van der Waals surface area contributed by atoms with Gasteiger partial charge < -0.3 is 16.0 Å². The van der Waals surface area contributed by atoms with Crippen LogP contribution in [0.3, 0.4) is 0 Å². The fourth-order valence-electron chi connectivity index (χ4n) is 3.95. The highest BCUT2D eigenvalue weighted by atomic mass is 15.1. The maximum absolute atomic E-state index is 5.50. The van der Waals surface area contributed by atoms with Gasteiger partial charge in [0.1, 0.15) is 0 Å². The first-order valence-corrected chi connectivity index (χ1v) is 10.7. The van der Waals surface area contributed by atoms with E-state index in [0.717, 1.165) is 57.6 Å². The van der Waals surface area contributed by atoms with E-state index >= 15 is 0 Å². The second-order valence-electron chi connectivity index (χ2n) is 7.67. The summed E-state index contributed by atoms with van der Waals surface area (Å²) < 4.78 is 0. The van der Waals surface area contributed by atoms with Gasteiger partial charge in [0.2, 0.25) is 0 Å². The van der Waals surface area contributed by atoms with E-state index in [-0.39, 0.29) is 0 Å². The van der Waals surface area contributed by atoms with Gasteiger partial charge in [0.05, 0.1) is 6.34 Å². The molecule has 28 heavy (non-hydrogen) atoms. The zero-order chi connectivity index (χ0) is 20.4. The molecule has 0 spiro atoms. The molecule has 154 valence electrons. The lowest BCUT2D eigenvalue weighted by Gasteiger charge is -2.26. The van der Waals surface area contributed by atoms with Crippen molar-refractivity contribution < 1.29 is 0 Å². The molecule has 0 atom stereocenters. The van der Waals surface area contributed by atoms with Crippen molar-refractivity contribution in [2.75, 3.05) is 31.1 Å². The van der Waals surface area contributed by atoms with Gasteiger partial charge in [-0.25, -0.2) is 4.99 Å². The molecule has 2 rings (SSSR count). The van der Waals surface area contributed by atoms with E-state index in [1.807, 2.05) is 0 Å². The van der Waals surface area contributed by atoms with Crippen molar-refractivity contribution in [1.82, 2.24) is 5.32 Å². The summed E-state index contributed by atoms with van der Waals surface area (Å²) in [5, 5.41) is 3.60. The maximum atomic E-state index is 5.50. The molecule has 0 saturated carbocycles. The number of likely N-dealkylation sites (N-methyl/N-ethyl adjacent to an activating group) is 1. The van der Waals surface area contributed by atoms with Crippen LogP contribution in [0, 0.1) is 13.8 Å². The Labute approximate surface area is 171 Å². The van der Waals surface area contributed by atoms with Gasteiger partial charge in [0, 0.05) is 31.0 Å². The predicted molar refractivity (Wildman–Crippen MR) is 123 cm³/mol. The number of nitrogens with one attached hydrogen (secondary N) is 1. The van der Waals surface area contributed by atoms with Gasteiger partial charge in [-0.05, 0) is 88.6 Å². The quantitative estimate of drug-likeness (QED) is 0.326. The number of allylic oxidation sites excluding steroid dienone is 3. The molecule has 1 aromatic rings. The van der Waals surface area contributed by atoms with Crippen molar-refractivity contribution in [3.63, 3.8) is 0 Å². The van der Waals surface area contributed by atoms with Crippen molar-refractivity contribution in [2.45, 2.75) is 59.3 Å². The molecule has 3 N–H and O–H groups in total. The molecule has 0 bridgehead atoms. The third-order valence-electron chi connectivity index (χ3n) is 5.78. The largest absolute Gasteiger partial charge is 0.390 e. The number of aliphatic imine (C=N–C) groups is 1. The zero-order valence-corrected chi connectivity index (χ0v) is 18.1. The van der Waals surface area contributed by atoms with Crippen LogP contribution in [0.2, 0.25) is 0 Å². The number of nitrogens with two attached hydrogens (primary N) is 1. The number of anilines is 1. The lowest BCUT2D eigenvalue weighted by Crippen LogP contribution is -2.33. The molecule has 1 aromatic carbocycles. The van der Waals surface area contributed by atoms with E-state index in [9.17, 15) is 0 Å². The number of aryl methyl sites for hydroxylation is 1. The van der Waals surface area contributed by atoms with E-state index < -0.39 is 0 Å². The molecule has 0 aliphatic heterocycles. The minimum Gasteiger partial charge on any atom is -0.390 e. The molecule has 0 heterocycles. The Hall–Kier alpha value is -2.07. The Bertz CT molecular complexity index is 703. The summed E-state index contributed by atoms with van der Waals surface area (Å²) in [4.78, 5) is 6.82. The third-order valence-corrected chi connectivity index (χ3v) is 5.78. The average molecular weight is 383 g/mol. The van der Waals surface area contributed by atoms with Crippen LogP contribution in [0.1, 0.15) is 56.6 Å². The van der Waals surface area contributed by atoms with Gasteiger partial charge in [-0.3, -0.25) is 0 Å². The number of nitrogens with zero attached hydrogens (tertiary/aromatic N) is 2. The second-order valence-corrected chi connectivity index (χ2v) is 7.67. The predicted octanol–water partition coefficient (Wildman–Crippen LogP) is 4.87. The summed E-state index contributed by atoms with van der Waals surface area (Å²) in [6, 6.07) is 6.57. The van der Waals surface area contributed by atoms with Crippen molar-refractivity contribution in [3.05, 3.63) is 52.7 Å². The Morgan fingerprint density at radius 1 is 1.25 bits per heavy atom. The monoisotopic (exact) mass is 382 g/mol. The molecular weight excluding hydrogens is 344 g/mol. The number of benzene rings is 1. The highest BCUT2D eigenvalue weighted by molar-refractivity contribution is 5.56. The number of hydrogen-bond acceptors (Lipinski definition) is 3. The van der Waals surface area contributed by atoms with E-state index in [0.29, 0.717) is 0 Å². The molecule has 0 radical (unpaired) electrons. The van der Waals surface area contributed by atoms with E-state index in [1.54, 1.807) is 0 Å². The summed E-state index contributed by atoms with van der Waals surface area (Å²) in [6.45, 7) is 15.0. The molecule has 0 fully saturated rings. The molecule has 0 saturated heterocycles. The SMILES string of the molecule is C=C(CCCNCCN(CC)c1cccc(C)c1C)C1=C(N=CN)CCCC1. The molecule has 1 aliphatic rings. The molecule has 0 unspecified atom stereocenters. The Morgan fingerprint density at radius 3 is 2.79 bits per heavy atom. The summed E-state index contributed by atoms with van der Waals surface area (Å²) in [6.07, 6.45) is 8.13. The number of rotatable bonds is 11. The van der Waals surface area contributed by atoms with E-state index in [4.69, 9.17) is 5.73 Å². The standard InChI is InChI=1S/C24H38N4/c1-5-28(24-14-8-10-19(2)21(24)4)17-16-26-15-9-11-20(3)22-12-6-7-13-23(22)27-18-25/h8,10,14,18,26H,3,5-7,9,11-13,15-17H2,1-2,4H3,(H2,25,27). The molecule has 0 aromatic heterocycles. The van der Waals surface area contributed by atoms with Crippen LogP contribution >= 0.6 is 0 Å². The summed E-state index contributed by atoms with van der Waals surface area (Å²) in [5.41, 5.74) is 13.3. The van der Waals surface area contributed by atoms with Crippen LogP contribution in [-0.4, -0.2) is 32.5 Å². The van der Waals surface area contributed by atoms with Crippen molar-refractivity contribution in [2.24, 2.45) is 10.7 Å². The maximum Gasteiger partial charge on any atom is 0.0856 e. The topological polar surface area (TPSA) is 53.6 Å². The summed E-state index contributed by atoms with van der Waals surface area (Å²) in [7, 11) is 0. The zero-order valence-electron chi connectivity index (χ0n) is 18.1. The third kappa shape index (κ3) is 6.23. The fourth-order valence-corrected chi connectivity index (χ4v) is 3.95. The van der Waals surface area contributed by atoms with Gasteiger partial charge in [0.25, 0.3) is 0 Å². The van der Waals surface area contributed by atoms with Crippen molar-refractivity contribution >= 4 is 12.0 Å². The van der Waals surface area contributed by atoms with E-state index in [2.05, 4.69) is 60.8 Å². The molecule has 0 amide bonds. The Balaban J connectivity index is 1.74. The smallest absolute Gasteiger partial charge is 0.0856 e. The number of hydrogen-bond donors (Lipinski definition) is 2. The van der Waals surface area contributed by atoms with Crippen LogP contribution in [0.15, 0.2) is 46.6 Å². The first-order chi connectivity index (χ1) is 13.6. The second kappa shape index (κ2) is 11.7. The van der Waals surface area contributed by atoms with Crippen LogP contribution < -0.4 is 16.0 Å². The van der Waals surface area contributed by atoms with Crippen LogP contribution in [0.25, 0.3) is 0 Å². The highest BCUT2D eigenvalue weighted by Crippen LogP contribution is 2.31. The molecule has 1 aliphatic carbocycles. The first kappa shape index (κ1) is 22.2. The Morgan fingerprint density at radius 2 is 2.04 bits per heavy atom. The van der Waals surface area contributed by atoms with Crippen LogP contribution in [-0.2, 0) is 0 Å². The van der Waals surface area contributed by atoms with Gasteiger partial charge in [-0.1, -0.05) is 24.3 Å². The first-order valence-electron chi connectivity index (χ1n) is 10.7. The fraction of sp³-hybridized carbons (Fsp3) is 0.542. The van der Waals surface area contributed by atoms with Gasteiger partial charge in [0.15, 0.2) is 0 Å². The van der Waals surface area contributed by atoms with Gasteiger partial charge in [-0.2, -0.15) is 0 Å². The summed E-state index contributed by atoms with van der Waals surface area (Å²) >= 11 is 0. The van der Waals surface area contributed by atoms with Crippen molar-refractivity contribution in [1.29, 1.82) is 0 Å². The van der Waals surface area contributed by atoms with Gasteiger partial charge in [-0.15, -0.1) is 0 Å². The summed E-state index contributed by atoms with van der Waals surface area (Å²) in [5.74, 6) is 0. The Kier molecular flexibility index (Phi) is 9.29. The van der Waals surface area contributed by atoms with Crippen molar-refractivity contribution in [3.8, 4) is 0 Å². The molecular formula is C24H38N4. The van der Waals surface area contributed by atoms with Crippen LogP contribution in [0.5, 0.6) is 0 Å². The van der Waals surface area contributed by atoms with Crippen LogP contribution in [0.4, 0.5) is 5.69 Å². The minimum atomic E-state index is 0.999. The lowest BCUT2D eigenvalue weighted by molar-refractivity contribution is 0.626.